The largest absolute Gasteiger partial charge is 0.393 e. The molecule has 0 aromatic heterocycles. The van der Waals surface area contributed by atoms with Gasteiger partial charge in [-0.15, -0.1) is 0 Å². The lowest BCUT2D eigenvalue weighted by Crippen LogP contribution is -2.60. The first-order valence-corrected chi connectivity index (χ1v) is 6.05. The van der Waals surface area contributed by atoms with Crippen LogP contribution in [0, 0.1) is 5.41 Å². The third-order valence-corrected chi connectivity index (χ3v) is 4.21. The van der Waals surface area contributed by atoms with Crippen LogP contribution in [0.5, 0.6) is 0 Å². The Morgan fingerprint density at radius 3 is 1.76 bits per heavy atom. The first-order valence-electron chi connectivity index (χ1n) is 6.05. The summed E-state index contributed by atoms with van der Waals surface area (Å²) in [7, 11) is 0. The monoisotopic (exact) mass is 242 g/mol. The van der Waals surface area contributed by atoms with Crippen LogP contribution < -0.4 is 0 Å². The predicted molar refractivity (Wildman–Crippen MR) is 63.5 cm³/mol. The van der Waals surface area contributed by atoms with Crippen LogP contribution in [-0.4, -0.2) is 45.3 Å². The summed E-state index contributed by atoms with van der Waals surface area (Å²) in [4.78, 5) is 0. The summed E-state index contributed by atoms with van der Waals surface area (Å²) in [6, 6.07) is 0. The van der Waals surface area contributed by atoms with Crippen LogP contribution >= 0.6 is 0 Å². The molecule has 0 amide bonds. The van der Waals surface area contributed by atoms with Crippen LogP contribution in [-0.2, 0) is 4.74 Å². The molecule has 1 unspecified atom stereocenters. The second kappa shape index (κ2) is 3.54. The Balaban J connectivity index is 2.39. The maximum atomic E-state index is 10.8. The number of hydrogen-bond acceptors (Lipinski definition) is 4. The molecular weight excluding hydrogens is 220 g/mol. The fourth-order valence-electron chi connectivity index (χ4n) is 2.83. The van der Waals surface area contributed by atoms with E-state index in [1.807, 2.05) is 20.8 Å². The van der Waals surface area contributed by atoms with Crippen molar-refractivity contribution in [1.29, 1.82) is 0 Å². The molecule has 1 fully saturated rings. The molecule has 0 radical (unpaired) electrons. The second-order valence-corrected chi connectivity index (χ2v) is 6.52. The normalized spacial score (nSPS) is 45.3. The van der Waals surface area contributed by atoms with Crippen molar-refractivity contribution < 1.29 is 20.1 Å². The van der Waals surface area contributed by atoms with E-state index in [1.165, 1.54) is 0 Å². The molecule has 0 aromatic carbocycles. The molecule has 0 aromatic rings. The Labute approximate surface area is 102 Å². The Kier molecular flexibility index (Phi) is 2.71. The lowest BCUT2D eigenvalue weighted by Gasteiger charge is -2.52. The minimum Gasteiger partial charge on any atom is -0.393 e. The molecule has 2 heterocycles. The quantitative estimate of drug-likeness (QED) is 0.620. The van der Waals surface area contributed by atoms with Crippen molar-refractivity contribution in [2.24, 2.45) is 5.41 Å². The SMILES string of the molecule is CC(C)(C)C1(O)C[C@@]2(CO)C=C[C@@](CO)(C1)O2. The van der Waals surface area contributed by atoms with E-state index in [9.17, 15) is 15.3 Å². The number of rotatable bonds is 2. The van der Waals surface area contributed by atoms with Gasteiger partial charge in [-0.25, -0.2) is 0 Å². The molecule has 2 rings (SSSR count). The van der Waals surface area contributed by atoms with Gasteiger partial charge in [-0.3, -0.25) is 0 Å². The number of aliphatic hydroxyl groups excluding tert-OH is 2. The zero-order chi connectivity index (χ0) is 12.9. The van der Waals surface area contributed by atoms with Gasteiger partial charge in [0.1, 0.15) is 11.2 Å². The third kappa shape index (κ3) is 1.83. The van der Waals surface area contributed by atoms with Crippen LogP contribution in [0.2, 0.25) is 0 Å². The van der Waals surface area contributed by atoms with Gasteiger partial charge in [0.2, 0.25) is 0 Å². The highest BCUT2D eigenvalue weighted by Gasteiger charge is 2.60. The summed E-state index contributed by atoms with van der Waals surface area (Å²) in [5, 5.41) is 29.9. The molecule has 4 heteroatoms. The van der Waals surface area contributed by atoms with Crippen LogP contribution in [0.1, 0.15) is 33.6 Å². The van der Waals surface area contributed by atoms with E-state index in [2.05, 4.69) is 0 Å². The molecule has 2 bridgehead atoms. The van der Waals surface area contributed by atoms with Gasteiger partial charge < -0.3 is 20.1 Å². The van der Waals surface area contributed by atoms with Crippen molar-refractivity contribution in [3.8, 4) is 0 Å². The van der Waals surface area contributed by atoms with Crippen molar-refractivity contribution in [2.75, 3.05) is 13.2 Å². The highest BCUT2D eigenvalue weighted by atomic mass is 16.6. The summed E-state index contributed by atoms with van der Waals surface area (Å²) in [5.41, 5.74) is -2.98. The molecule has 98 valence electrons. The average molecular weight is 242 g/mol. The van der Waals surface area contributed by atoms with Crippen LogP contribution in [0.25, 0.3) is 0 Å². The van der Waals surface area contributed by atoms with Crippen molar-refractivity contribution in [3.05, 3.63) is 12.2 Å². The predicted octanol–water partition coefficient (Wildman–Crippen LogP) is 0.606. The lowest BCUT2D eigenvalue weighted by molar-refractivity contribution is -0.241. The number of ether oxygens (including phenoxy) is 1. The highest BCUT2D eigenvalue weighted by molar-refractivity contribution is 5.26. The minimum absolute atomic E-state index is 0.177. The van der Waals surface area contributed by atoms with Gasteiger partial charge in [-0.05, 0) is 5.41 Å². The summed E-state index contributed by atoms with van der Waals surface area (Å²) in [6.07, 6.45) is 4.29. The summed E-state index contributed by atoms with van der Waals surface area (Å²) < 4.78 is 5.79. The van der Waals surface area contributed by atoms with Gasteiger partial charge in [0, 0.05) is 12.8 Å². The first-order chi connectivity index (χ1) is 7.70. The fourth-order valence-corrected chi connectivity index (χ4v) is 2.83. The molecule has 2 aliphatic heterocycles. The molecule has 4 nitrogen and oxygen atoms in total. The first kappa shape index (κ1) is 13.0. The van der Waals surface area contributed by atoms with Gasteiger partial charge in [0.25, 0.3) is 0 Å². The average Bonchev–Trinajstić information content (AvgIpc) is 2.52. The molecule has 3 atom stereocenters. The Hall–Kier alpha value is -0.420. The third-order valence-electron chi connectivity index (χ3n) is 4.21. The van der Waals surface area contributed by atoms with Crippen molar-refractivity contribution >= 4 is 0 Å². The molecule has 1 saturated heterocycles. The molecule has 17 heavy (non-hydrogen) atoms. The summed E-state index contributed by atoms with van der Waals surface area (Å²) >= 11 is 0. The Bertz CT molecular complexity index is 322. The molecule has 0 spiro atoms. The van der Waals surface area contributed by atoms with E-state index in [0.29, 0.717) is 12.8 Å². The van der Waals surface area contributed by atoms with E-state index in [1.54, 1.807) is 12.2 Å². The molecule has 3 N–H and O–H groups in total. The van der Waals surface area contributed by atoms with Crippen molar-refractivity contribution in [3.63, 3.8) is 0 Å². The zero-order valence-corrected chi connectivity index (χ0v) is 10.7. The maximum Gasteiger partial charge on any atom is 0.113 e. The van der Waals surface area contributed by atoms with Crippen LogP contribution in [0.4, 0.5) is 0 Å². The Morgan fingerprint density at radius 1 is 1.06 bits per heavy atom. The Morgan fingerprint density at radius 2 is 1.47 bits per heavy atom. The van der Waals surface area contributed by atoms with Crippen LogP contribution in [0.15, 0.2) is 12.2 Å². The molecular formula is C13H22O4. The number of hydrogen-bond donors (Lipinski definition) is 3. The molecule has 2 aliphatic rings. The summed E-state index contributed by atoms with van der Waals surface area (Å²) in [5.74, 6) is 0. The van der Waals surface area contributed by atoms with Gasteiger partial charge in [-0.1, -0.05) is 32.9 Å². The summed E-state index contributed by atoms with van der Waals surface area (Å²) in [6.45, 7) is 5.54. The number of fused-ring (bicyclic) bond motifs is 2. The highest BCUT2D eigenvalue weighted by Crippen LogP contribution is 2.52. The van der Waals surface area contributed by atoms with E-state index in [-0.39, 0.29) is 18.6 Å². The molecule has 0 aliphatic carbocycles. The van der Waals surface area contributed by atoms with Gasteiger partial charge in [0.15, 0.2) is 0 Å². The van der Waals surface area contributed by atoms with Crippen LogP contribution in [0.3, 0.4) is 0 Å². The van der Waals surface area contributed by atoms with E-state index in [4.69, 9.17) is 4.74 Å². The second-order valence-electron chi connectivity index (χ2n) is 6.52. The van der Waals surface area contributed by atoms with E-state index >= 15 is 0 Å². The van der Waals surface area contributed by atoms with Crippen molar-refractivity contribution in [1.82, 2.24) is 0 Å². The molecule has 0 saturated carbocycles. The standard InChI is InChI=1S/C13H22O4/c1-10(2,3)13(16)6-11(8-14)4-5-12(7-13,9-15)17-11/h4-5,14-16H,6-9H2,1-3H3/t11-,12+,13?. The zero-order valence-electron chi connectivity index (χ0n) is 10.7. The lowest BCUT2D eigenvalue weighted by atomic mass is 9.65. The van der Waals surface area contributed by atoms with Gasteiger partial charge in [0.05, 0.1) is 18.8 Å². The van der Waals surface area contributed by atoms with Crippen molar-refractivity contribution in [2.45, 2.75) is 50.4 Å². The van der Waals surface area contributed by atoms with Gasteiger partial charge in [-0.2, -0.15) is 0 Å². The van der Waals surface area contributed by atoms with E-state index in [0.717, 1.165) is 0 Å². The topological polar surface area (TPSA) is 69.9 Å². The number of aliphatic hydroxyl groups is 3. The smallest absolute Gasteiger partial charge is 0.113 e. The maximum absolute atomic E-state index is 10.8. The fraction of sp³-hybridized carbons (Fsp3) is 0.846. The minimum atomic E-state index is -0.958. The van der Waals surface area contributed by atoms with Gasteiger partial charge >= 0.3 is 0 Å². The van der Waals surface area contributed by atoms with E-state index < -0.39 is 16.8 Å².